The number of anilines is 1. The summed E-state index contributed by atoms with van der Waals surface area (Å²) < 4.78 is 0. The number of rotatable bonds is 4. The molecule has 16 heavy (non-hydrogen) atoms. The quantitative estimate of drug-likeness (QED) is 0.743. The summed E-state index contributed by atoms with van der Waals surface area (Å²) in [5.74, 6) is 0.927. The molecule has 0 spiro atoms. The third-order valence-corrected chi connectivity index (χ3v) is 2.30. The third-order valence-electron chi connectivity index (χ3n) is 2.30. The van der Waals surface area contributed by atoms with Gasteiger partial charge in [0.2, 0.25) is 0 Å². The van der Waals surface area contributed by atoms with Gasteiger partial charge in [0, 0.05) is 24.9 Å². The summed E-state index contributed by atoms with van der Waals surface area (Å²) in [7, 11) is 1.99. The Morgan fingerprint density at radius 2 is 2.06 bits per heavy atom. The first-order valence-corrected chi connectivity index (χ1v) is 5.42. The second-order valence-corrected chi connectivity index (χ2v) is 3.66. The van der Waals surface area contributed by atoms with Crippen LogP contribution in [0.15, 0.2) is 42.6 Å². The molecule has 80 valence electrons. The molecule has 0 amide bonds. The van der Waals surface area contributed by atoms with Crippen molar-refractivity contribution < 1.29 is 0 Å². The predicted molar refractivity (Wildman–Crippen MR) is 68.8 cm³/mol. The monoisotopic (exact) mass is 211 g/mol. The van der Waals surface area contributed by atoms with Gasteiger partial charge in [-0.05, 0) is 23.8 Å². The van der Waals surface area contributed by atoms with E-state index in [1.54, 1.807) is 0 Å². The lowest BCUT2D eigenvalue weighted by Gasteiger charge is -2.05. The second-order valence-electron chi connectivity index (χ2n) is 3.66. The van der Waals surface area contributed by atoms with Crippen molar-refractivity contribution in [2.24, 2.45) is 0 Å². The minimum absolute atomic E-state index is 0.855. The fraction of sp³-hybridized carbons (Fsp3) is 0.167. The van der Waals surface area contributed by atoms with Gasteiger partial charge in [0.05, 0.1) is 0 Å². The van der Waals surface area contributed by atoms with Crippen molar-refractivity contribution in [1.29, 1.82) is 0 Å². The summed E-state index contributed by atoms with van der Waals surface area (Å²) >= 11 is 0. The molecule has 2 heterocycles. The van der Waals surface area contributed by atoms with Crippen molar-refractivity contribution >= 4 is 19.3 Å². The minimum Gasteiger partial charge on any atom is -0.370 e. The van der Waals surface area contributed by atoms with Gasteiger partial charge in [-0.15, -0.1) is 0 Å². The van der Waals surface area contributed by atoms with Crippen LogP contribution < -0.4 is 10.9 Å². The van der Waals surface area contributed by atoms with Crippen LogP contribution in [0.3, 0.4) is 0 Å². The van der Waals surface area contributed by atoms with Crippen LogP contribution >= 0.6 is 0 Å². The number of hydrogen-bond donors (Lipinski definition) is 1. The van der Waals surface area contributed by atoms with Crippen molar-refractivity contribution in [3.05, 3.63) is 48.3 Å². The van der Waals surface area contributed by atoms with Crippen molar-refractivity contribution in [3.8, 4) is 0 Å². The van der Waals surface area contributed by atoms with Gasteiger partial charge < -0.3 is 5.32 Å². The van der Waals surface area contributed by atoms with E-state index < -0.39 is 0 Å². The highest BCUT2D eigenvalue weighted by Gasteiger charge is 1.95. The maximum atomic E-state index is 4.37. The summed E-state index contributed by atoms with van der Waals surface area (Å²) in [6.45, 7) is 0.855. The number of hydrogen-bond acceptors (Lipinski definition) is 3. The van der Waals surface area contributed by atoms with E-state index in [9.17, 15) is 0 Å². The van der Waals surface area contributed by atoms with Crippen LogP contribution in [0, 0.1) is 0 Å². The Hall–Kier alpha value is -1.84. The highest BCUT2D eigenvalue weighted by molar-refractivity contribution is 6.30. The molecule has 0 saturated carbocycles. The predicted octanol–water partition coefficient (Wildman–Crippen LogP) is 0.390. The summed E-state index contributed by atoms with van der Waals surface area (Å²) in [6, 6.07) is 11.9. The van der Waals surface area contributed by atoms with Gasteiger partial charge in [0.1, 0.15) is 5.82 Å². The van der Waals surface area contributed by atoms with E-state index in [1.165, 1.54) is 0 Å². The summed E-state index contributed by atoms with van der Waals surface area (Å²) in [6.07, 6.45) is 2.73. The molecule has 0 fully saturated rings. The summed E-state index contributed by atoms with van der Waals surface area (Å²) in [5, 5.41) is 3.28. The molecule has 0 aromatic carbocycles. The average molecular weight is 211 g/mol. The van der Waals surface area contributed by atoms with Crippen LogP contribution in [0.25, 0.3) is 0 Å². The van der Waals surface area contributed by atoms with Crippen LogP contribution in [0.4, 0.5) is 5.82 Å². The molecule has 0 unspecified atom stereocenters. The Kier molecular flexibility index (Phi) is 3.54. The Morgan fingerprint density at radius 1 is 1.12 bits per heavy atom. The lowest BCUT2D eigenvalue weighted by molar-refractivity contribution is 0.955. The molecule has 0 bridgehead atoms. The zero-order chi connectivity index (χ0) is 11.2. The lowest BCUT2D eigenvalue weighted by Crippen LogP contribution is -2.13. The molecule has 2 aromatic rings. The molecule has 2 rings (SSSR count). The van der Waals surface area contributed by atoms with Gasteiger partial charge in [0.15, 0.2) is 7.85 Å². The molecule has 4 heteroatoms. The first-order valence-electron chi connectivity index (χ1n) is 5.42. The van der Waals surface area contributed by atoms with Crippen LogP contribution in [-0.2, 0) is 6.42 Å². The van der Waals surface area contributed by atoms with Gasteiger partial charge >= 0.3 is 0 Å². The van der Waals surface area contributed by atoms with Crippen LogP contribution in [0.5, 0.6) is 0 Å². The highest BCUT2D eigenvalue weighted by Crippen LogP contribution is 1.99. The zero-order valence-electron chi connectivity index (χ0n) is 9.35. The van der Waals surface area contributed by atoms with Gasteiger partial charge in [-0.25, -0.2) is 4.98 Å². The number of aromatic nitrogens is 2. The Labute approximate surface area is 96.4 Å². The summed E-state index contributed by atoms with van der Waals surface area (Å²) in [5.41, 5.74) is 2.13. The second kappa shape index (κ2) is 5.30. The molecule has 0 aliphatic rings. The first kappa shape index (κ1) is 10.7. The smallest absolute Gasteiger partial charge is 0.164 e. The lowest BCUT2D eigenvalue weighted by atomic mass is 10.0. The van der Waals surface area contributed by atoms with Crippen molar-refractivity contribution in [1.82, 2.24) is 9.97 Å². The topological polar surface area (TPSA) is 37.8 Å². The maximum absolute atomic E-state index is 4.37. The molecule has 3 nitrogen and oxygen atoms in total. The molecule has 1 N–H and O–H groups in total. The van der Waals surface area contributed by atoms with E-state index in [-0.39, 0.29) is 0 Å². The van der Waals surface area contributed by atoms with Crippen molar-refractivity contribution in [2.75, 3.05) is 11.9 Å². The van der Waals surface area contributed by atoms with Crippen LogP contribution in [0.1, 0.15) is 5.69 Å². The van der Waals surface area contributed by atoms with E-state index in [4.69, 9.17) is 0 Å². The first-order chi connectivity index (χ1) is 7.84. The van der Waals surface area contributed by atoms with E-state index >= 15 is 0 Å². The van der Waals surface area contributed by atoms with Crippen molar-refractivity contribution in [3.63, 3.8) is 0 Å². The molecular formula is C12H14BN3. The zero-order valence-corrected chi connectivity index (χ0v) is 9.35. The van der Waals surface area contributed by atoms with E-state index in [2.05, 4.69) is 15.3 Å². The Balaban J connectivity index is 1.85. The number of nitrogens with zero attached hydrogens (tertiary/aromatic N) is 2. The normalized spacial score (nSPS) is 10.0. The summed E-state index contributed by atoms with van der Waals surface area (Å²) in [4.78, 5) is 8.64. The fourth-order valence-corrected chi connectivity index (χ4v) is 1.51. The number of nitrogens with one attached hydrogen (secondary N) is 1. The molecule has 0 atom stereocenters. The molecule has 0 aliphatic heterocycles. The van der Waals surface area contributed by atoms with Gasteiger partial charge in [-0.1, -0.05) is 18.2 Å². The molecular weight excluding hydrogens is 197 g/mol. The highest BCUT2D eigenvalue weighted by atomic mass is 15.0. The largest absolute Gasteiger partial charge is 0.370 e. The van der Waals surface area contributed by atoms with E-state index in [1.807, 2.05) is 50.4 Å². The van der Waals surface area contributed by atoms with Gasteiger partial charge in [-0.2, -0.15) is 0 Å². The Morgan fingerprint density at radius 3 is 2.81 bits per heavy atom. The van der Waals surface area contributed by atoms with Gasteiger partial charge in [0.25, 0.3) is 0 Å². The van der Waals surface area contributed by atoms with Crippen molar-refractivity contribution in [2.45, 2.75) is 6.42 Å². The molecule has 0 aliphatic carbocycles. The standard InChI is InChI=1S/C12H14BN3/c13-11-5-3-6-12(16-11)15-9-7-10-4-1-2-8-14-10/h1-6,8H,7,9,13H2,(H,15,16). The number of pyridine rings is 2. The average Bonchev–Trinajstić information content (AvgIpc) is 2.30. The molecule has 0 radical (unpaired) electrons. The fourth-order valence-electron chi connectivity index (χ4n) is 1.51. The van der Waals surface area contributed by atoms with Crippen LogP contribution in [0.2, 0.25) is 0 Å². The van der Waals surface area contributed by atoms with Crippen LogP contribution in [-0.4, -0.2) is 24.4 Å². The third kappa shape index (κ3) is 3.09. The molecule has 2 aromatic heterocycles. The Bertz CT molecular complexity index is 445. The maximum Gasteiger partial charge on any atom is 0.164 e. The van der Waals surface area contributed by atoms with E-state index in [0.29, 0.717) is 0 Å². The minimum atomic E-state index is 0.855. The SMILES string of the molecule is Bc1cccc(NCCc2ccccn2)n1. The van der Waals surface area contributed by atoms with Gasteiger partial charge in [-0.3, -0.25) is 4.98 Å². The molecule has 0 saturated heterocycles. The van der Waals surface area contributed by atoms with E-state index in [0.717, 1.165) is 30.1 Å².